The van der Waals surface area contributed by atoms with Crippen LogP contribution in [0.1, 0.15) is 53.4 Å². The normalized spacial score (nSPS) is 18.2. The van der Waals surface area contributed by atoms with Crippen molar-refractivity contribution in [2.24, 2.45) is 5.92 Å². The third kappa shape index (κ3) is 9.39. The molecule has 1 aliphatic carbocycles. The highest BCUT2D eigenvalue weighted by Crippen LogP contribution is 2.70. The monoisotopic (exact) mass is 858 g/mol. The van der Waals surface area contributed by atoms with Crippen LogP contribution in [0.4, 0.5) is 5.69 Å². The van der Waals surface area contributed by atoms with Gasteiger partial charge in [-0.2, -0.15) is 0 Å². The fraction of sp³-hybridized carbons (Fsp3) is 0.320. The van der Waals surface area contributed by atoms with Crippen molar-refractivity contribution in [1.29, 1.82) is 0 Å². The molecule has 11 heteroatoms. The Morgan fingerprint density at radius 2 is 1.52 bits per heavy atom. The summed E-state index contributed by atoms with van der Waals surface area (Å²) in [6.07, 6.45) is 12.7. The summed E-state index contributed by atoms with van der Waals surface area (Å²) in [4.78, 5) is 54.7. The number of unbranched alkanes of at least 4 members (excludes halogenated alkanes) is 2. The van der Waals surface area contributed by atoms with E-state index in [4.69, 9.17) is 20.8 Å². The molecule has 2 heterocycles. The van der Waals surface area contributed by atoms with Crippen LogP contribution in [0.3, 0.4) is 0 Å². The van der Waals surface area contributed by atoms with Crippen LogP contribution in [0.2, 0.25) is 5.02 Å². The number of amides is 3. The summed E-state index contributed by atoms with van der Waals surface area (Å²) in [6, 6.07) is 33.7. The fourth-order valence-corrected chi connectivity index (χ4v) is 14.8. The Morgan fingerprint density at radius 3 is 2.16 bits per heavy atom. The number of anilines is 1. The van der Waals surface area contributed by atoms with E-state index < -0.39 is 19.0 Å². The Kier molecular flexibility index (Phi) is 13.6. The molecule has 2 unspecified atom stereocenters. The predicted octanol–water partition coefficient (Wildman–Crippen LogP) is 9.26. The van der Waals surface area contributed by atoms with E-state index in [-0.39, 0.29) is 28.5 Å². The van der Waals surface area contributed by atoms with Crippen LogP contribution in [0.15, 0.2) is 137 Å². The van der Waals surface area contributed by atoms with Crippen LogP contribution >= 0.6 is 18.9 Å². The fourth-order valence-electron chi connectivity index (χ4n) is 8.97. The average molecular weight is 859 g/mol. The summed E-state index contributed by atoms with van der Waals surface area (Å²) in [5, 5.41) is 6.49. The molecule has 5 aromatic rings. The van der Waals surface area contributed by atoms with Crippen LogP contribution in [-0.4, -0.2) is 71.1 Å². The number of rotatable bonds is 14. The molecule has 0 radical (unpaired) electrons. The second-order valence-electron chi connectivity index (χ2n) is 16.3. The summed E-state index contributed by atoms with van der Waals surface area (Å²) in [5.41, 5.74) is 1.42. The molecule has 1 N–H and O–H groups in total. The number of benzene rings is 4. The number of halogens is 1. The van der Waals surface area contributed by atoms with Gasteiger partial charge in [0, 0.05) is 79.8 Å². The smallest absolute Gasteiger partial charge is 0.336 e. The molecular weight excluding hydrogens is 805 g/mol. The molecule has 1 aliphatic heterocycles. The van der Waals surface area contributed by atoms with Crippen LogP contribution in [0, 0.1) is 5.92 Å². The van der Waals surface area contributed by atoms with Crippen LogP contribution in [0.25, 0.3) is 22.1 Å². The molecule has 3 amide bonds. The molecule has 2 aliphatic rings. The van der Waals surface area contributed by atoms with Gasteiger partial charge in [0.2, 0.25) is 11.8 Å². The average Bonchev–Trinajstić information content (AvgIpc) is 3.26. The van der Waals surface area contributed by atoms with Gasteiger partial charge in [-0.05, 0) is 87.7 Å². The lowest BCUT2D eigenvalue weighted by molar-refractivity contribution is -0.143. The molecule has 4 aromatic carbocycles. The van der Waals surface area contributed by atoms with E-state index in [1.807, 2.05) is 4.90 Å². The molecule has 0 saturated carbocycles. The topological polar surface area (TPSA) is 109 Å². The van der Waals surface area contributed by atoms with Gasteiger partial charge >= 0.3 is 5.63 Å². The van der Waals surface area contributed by atoms with Gasteiger partial charge in [-0.25, -0.2) is 4.79 Å². The number of fused-ring (bicyclic) bond motifs is 1. The van der Waals surface area contributed by atoms with E-state index in [2.05, 4.69) is 104 Å². The number of ether oxygens (including phenoxy) is 1. The number of carbonyl (C=O) groups excluding carboxylic acids is 3. The lowest BCUT2D eigenvalue weighted by Crippen LogP contribution is -2.53. The van der Waals surface area contributed by atoms with Crippen LogP contribution in [0.5, 0.6) is 5.75 Å². The zero-order chi connectivity index (χ0) is 43.1. The first-order valence-electron chi connectivity index (χ1n) is 21.1. The number of hydrogen-bond acceptors (Lipinski definition) is 6. The lowest BCUT2D eigenvalue weighted by Gasteiger charge is -2.45. The summed E-state index contributed by atoms with van der Waals surface area (Å²) in [6.45, 7) is 9.70. The summed E-state index contributed by atoms with van der Waals surface area (Å²) in [5.74, 6) is 0.479. The Morgan fingerprint density at radius 1 is 0.852 bits per heavy atom. The highest BCUT2D eigenvalue weighted by molar-refractivity contribution is 7.91. The first-order chi connectivity index (χ1) is 29.4. The zero-order valence-corrected chi connectivity index (χ0v) is 37.0. The number of hydrogen-bond donors (Lipinski definition) is 1. The van der Waals surface area contributed by atoms with Crippen LogP contribution in [-0.2, 0) is 14.4 Å². The third-order valence-electron chi connectivity index (χ3n) is 12.4. The number of allylic oxidation sites excluding steroid dienone is 4. The molecule has 7 rings (SSSR count). The Labute approximate surface area is 363 Å². The van der Waals surface area contributed by atoms with Crippen LogP contribution < -0.4 is 26.3 Å². The zero-order valence-electron chi connectivity index (χ0n) is 35.3. The molecule has 316 valence electrons. The Hall–Kier alpha value is -5.50. The Balaban J connectivity index is 0.928. The summed E-state index contributed by atoms with van der Waals surface area (Å²) in [7, 11) is -1.93. The van der Waals surface area contributed by atoms with Gasteiger partial charge in [0.15, 0.2) is 6.10 Å². The van der Waals surface area contributed by atoms with E-state index in [0.717, 1.165) is 25.4 Å². The molecule has 3 atom stereocenters. The maximum absolute atomic E-state index is 13.5. The molecule has 1 fully saturated rings. The minimum atomic E-state index is -1.93. The van der Waals surface area contributed by atoms with Crippen molar-refractivity contribution in [2.75, 3.05) is 37.7 Å². The standard InChI is InChI=1S/C50H53ClN3O6P/c1-35-16-13-14-26-50(35,4)61(40-17-8-5-9-18-40,41-19-10-6-11-20-41)31-15-7-12-21-47(56)53-27-29-54(30-28-53)49(58)36(2)59-39-23-25-43-44(34-48(57)60-46(43)33-39)42-24-22-38(32-45(42)51)52-37(3)55/h5-6,8-11,13-14,16-20,22-26,32-36H,7,12,15,21,27-31H2,1-4H3/p+1/t35?,36-,50?/m1/s1. The van der Waals surface area contributed by atoms with Gasteiger partial charge in [-0.1, -0.05) is 79.2 Å². The highest BCUT2D eigenvalue weighted by atomic mass is 35.5. The molecule has 1 saturated heterocycles. The van der Waals surface area contributed by atoms with E-state index in [0.29, 0.717) is 71.5 Å². The number of nitrogens with one attached hydrogen (secondary N) is 1. The predicted molar refractivity (Wildman–Crippen MR) is 249 cm³/mol. The van der Waals surface area contributed by atoms with Gasteiger partial charge in [-0.15, -0.1) is 0 Å². The van der Waals surface area contributed by atoms with Crippen molar-refractivity contribution < 1.29 is 23.5 Å². The first-order valence-corrected chi connectivity index (χ1v) is 23.5. The maximum atomic E-state index is 13.5. The summed E-state index contributed by atoms with van der Waals surface area (Å²) < 4.78 is 11.6. The van der Waals surface area contributed by atoms with Gasteiger partial charge in [-0.3, -0.25) is 14.4 Å². The minimum Gasteiger partial charge on any atom is -0.481 e. The van der Waals surface area contributed by atoms with Gasteiger partial charge in [0.05, 0.1) is 18.4 Å². The van der Waals surface area contributed by atoms with Gasteiger partial charge in [0.25, 0.3) is 5.91 Å². The van der Waals surface area contributed by atoms with E-state index in [1.165, 1.54) is 23.6 Å². The molecule has 0 bridgehead atoms. The quantitative estimate of drug-likeness (QED) is 0.0678. The van der Waals surface area contributed by atoms with E-state index in [1.54, 1.807) is 48.2 Å². The van der Waals surface area contributed by atoms with Crippen molar-refractivity contribution in [2.45, 2.75) is 64.6 Å². The second-order valence-corrected chi connectivity index (χ2v) is 20.7. The van der Waals surface area contributed by atoms with Crippen molar-refractivity contribution in [1.82, 2.24) is 9.80 Å². The lowest BCUT2D eigenvalue weighted by atomic mass is 9.91. The maximum Gasteiger partial charge on any atom is 0.336 e. The SMILES string of the molecule is CC(=O)Nc1ccc(-c2cc(=O)oc3cc(O[C@H](C)C(=O)N4CCN(C(=O)CCCCC[P+](c5ccccc5)(c5ccccc5)C5(C)C=CC=CC5C)CC4)ccc23)c(Cl)c1. The molecule has 9 nitrogen and oxygen atoms in total. The number of carbonyl (C=O) groups is 3. The molecular formula is C50H54ClN3O6P+. The number of piperazine rings is 1. The largest absolute Gasteiger partial charge is 0.481 e. The highest BCUT2D eigenvalue weighted by Gasteiger charge is 2.58. The second kappa shape index (κ2) is 19.0. The van der Waals surface area contributed by atoms with Crippen molar-refractivity contribution in [3.63, 3.8) is 0 Å². The minimum absolute atomic E-state index is 0.0439. The molecule has 1 aromatic heterocycles. The van der Waals surface area contributed by atoms with Gasteiger partial charge in [0.1, 0.15) is 27.1 Å². The van der Waals surface area contributed by atoms with Crippen molar-refractivity contribution >= 4 is 63.9 Å². The molecule has 61 heavy (non-hydrogen) atoms. The van der Waals surface area contributed by atoms with E-state index >= 15 is 0 Å². The summed E-state index contributed by atoms with van der Waals surface area (Å²) >= 11 is 6.57. The van der Waals surface area contributed by atoms with Crippen molar-refractivity contribution in [3.05, 3.63) is 143 Å². The van der Waals surface area contributed by atoms with Crippen molar-refractivity contribution in [3.8, 4) is 16.9 Å². The van der Waals surface area contributed by atoms with Gasteiger partial charge < -0.3 is 24.3 Å². The first kappa shape index (κ1) is 43.6. The third-order valence-corrected chi connectivity index (χ3v) is 18.2. The Bertz CT molecular complexity index is 2460. The molecule has 0 spiro atoms. The van der Waals surface area contributed by atoms with E-state index in [9.17, 15) is 19.2 Å². The number of nitrogens with zero attached hydrogens (tertiary/aromatic N) is 2.